The van der Waals surface area contributed by atoms with Crippen LogP contribution < -0.4 is 15.4 Å². The summed E-state index contributed by atoms with van der Waals surface area (Å²) in [6, 6.07) is 14.7. The van der Waals surface area contributed by atoms with Crippen molar-refractivity contribution in [2.75, 3.05) is 19.1 Å². The number of hydrogen-bond acceptors (Lipinski definition) is 5. The van der Waals surface area contributed by atoms with Crippen molar-refractivity contribution in [3.8, 4) is 5.75 Å². The fraction of sp³-hybridized carbons (Fsp3) is 0.300. The largest absolute Gasteiger partial charge is 0.497 e. The number of ether oxygens (including phenoxy) is 1. The van der Waals surface area contributed by atoms with Gasteiger partial charge in [-0.25, -0.2) is 8.42 Å². The van der Waals surface area contributed by atoms with Gasteiger partial charge in [0, 0.05) is 18.4 Å². The third-order valence-corrected chi connectivity index (χ3v) is 5.04. The van der Waals surface area contributed by atoms with Gasteiger partial charge in [-0.2, -0.15) is 0 Å². The van der Waals surface area contributed by atoms with Crippen LogP contribution in [0.3, 0.4) is 0 Å². The first-order chi connectivity index (χ1) is 13.3. The average molecular weight is 404 g/mol. The van der Waals surface area contributed by atoms with Crippen LogP contribution in [-0.2, 0) is 21.2 Å². The fourth-order valence-electron chi connectivity index (χ4n) is 2.49. The van der Waals surface area contributed by atoms with E-state index in [2.05, 4.69) is 10.6 Å². The molecule has 0 saturated heterocycles. The summed E-state index contributed by atoms with van der Waals surface area (Å²) in [4.78, 5) is 25.0. The fourth-order valence-corrected chi connectivity index (χ4v) is 3.15. The lowest BCUT2D eigenvalue weighted by atomic mass is 10.1. The number of nitrogens with one attached hydrogen (secondary N) is 2. The highest BCUT2D eigenvalue weighted by atomic mass is 32.2. The van der Waals surface area contributed by atoms with Gasteiger partial charge in [0.15, 0.2) is 0 Å². The molecular formula is C20H24N2O5S. The molecule has 0 bridgehead atoms. The minimum Gasteiger partial charge on any atom is -0.497 e. The molecule has 2 aromatic rings. The van der Waals surface area contributed by atoms with Gasteiger partial charge in [-0.1, -0.05) is 30.3 Å². The van der Waals surface area contributed by atoms with E-state index in [1.54, 1.807) is 49.6 Å². The van der Waals surface area contributed by atoms with Crippen LogP contribution >= 0.6 is 0 Å². The lowest BCUT2D eigenvalue weighted by Crippen LogP contribution is -2.47. The molecule has 1 atom stereocenters. The van der Waals surface area contributed by atoms with Crippen molar-refractivity contribution in [2.45, 2.75) is 19.0 Å². The van der Waals surface area contributed by atoms with E-state index in [0.29, 0.717) is 11.3 Å². The molecule has 0 aromatic heterocycles. The summed E-state index contributed by atoms with van der Waals surface area (Å²) < 4.78 is 28.1. The third-order valence-electron chi connectivity index (χ3n) is 4.06. The molecule has 0 unspecified atom stereocenters. The van der Waals surface area contributed by atoms with Crippen LogP contribution in [0, 0.1) is 0 Å². The zero-order valence-electron chi connectivity index (χ0n) is 15.8. The van der Waals surface area contributed by atoms with Gasteiger partial charge < -0.3 is 15.4 Å². The van der Waals surface area contributed by atoms with Gasteiger partial charge in [-0.3, -0.25) is 9.59 Å². The Morgan fingerprint density at radius 3 is 2.25 bits per heavy atom. The van der Waals surface area contributed by atoms with Gasteiger partial charge in [-0.15, -0.1) is 0 Å². The maximum Gasteiger partial charge on any atom is 0.251 e. The van der Waals surface area contributed by atoms with E-state index in [-0.39, 0.29) is 18.7 Å². The molecule has 0 saturated carbocycles. The lowest BCUT2D eigenvalue weighted by molar-refractivity contribution is -0.123. The molecule has 0 spiro atoms. The predicted octanol–water partition coefficient (Wildman–Crippen LogP) is 1.54. The molecule has 28 heavy (non-hydrogen) atoms. The van der Waals surface area contributed by atoms with E-state index in [0.717, 1.165) is 11.8 Å². The Balaban J connectivity index is 2.03. The van der Waals surface area contributed by atoms with E-state index < -0.39 is 27.7 Å². The van der Waals surface area contributed by atoms with Crippen molar-refractivity contribution < 1.29 is 22.7 Å². The SMILES string of the molecule is COc1ccc(CNC(=O)[C@H](CCS(C)(=O)=O)NC(=O)c2ccccc2)cc1. The van der Waals surface area contributed by atoms with Crippen molar-refractivity contribution in [3.63, 3.8) is 0 Å². The number of rotatable bonds is 9. The van der Waals surface area contributed by atoms with Crippen LogP contribution in [0.5, 0.6) is 5.75 Å². The van der Waals surface area contributed by atoms with Gasteiger partial charge >= 0.3 is 0 Å². The summed E-state index contributed by atoms with van der Waals surface area (Å²) in [5.74, 6) is -0.374. The monoisotopic (exact) mass is 404 g/mol. The minimum absolute atomic E-state index is 0.00808. The van der Waals surface area contributed by atoms with Gasteiger partial charge in [0.2, 0.25) is 5.91 Å². The predicted molar refractivity (Wildman–Crippen MR) is 107 cm³/mol. The van der Waals surface area contributed by atoms with Crippen LogP contribution in [-0.4, -0.2) is 45.4 Å². The number of hydrogen-bond donors (Lipinski definition) is 2. The van der Waals surface area contributed by atoms with Crippen LogP contribution in [0.1, 0.15) is 22.3 Å². The van der Waals surface area contributed by atoms with Crippen molar-refractivity contribution in [2.24, 2.45) is 0 Å². The molecule has 0 aliphatic rings. The molecule has 150 valence electrons. The number of sulfone groups is 1. The summed E-state index contributed by atoms with van der Waals surface area (Å²) in [5, 5.41) is 5.37. The maximum absolute atomic E-state index is 12.6. The second-order valence-corrected chi connectivity index (χ2v) is 8.64. The zero-order valence-corrected chi connectivity index (χ0v) is 16.7. The molecular weight excluding hydrogens is 380 g/mol. The van der Waals surface area contributed by atoms with Crippen LogP contribution in [0.25, 0.3) is 0 Å². The van der Waals surface area contributed by atoms with Crippen molar-refractivity contribution in [3.05, 3.63) is 65.7 Å². The van der Waals surface area contributed by atoms with E-state index in [9.17, 15) is 18.0 Å². The van der Waals surface area contributed by atoms with E-state index >= 15 is 0 Å². The Morgan fingerprint density at radius 2 is 1.68 bits per heavy atom. The quantitative estimate of drug-likeness (QED) is 0.660. The molecule has 2 rings (SSSR count). The van der Waals surface area contributed by atoms with Gasteiger partial charge in [0.25, 0.3) is 5.91 Å². The number of amides is 2. The van der Waals surface area contributed by atoms with E-state index in [1.165, 1.54) is 0 Å². The average Bonchev–Trinajstić information content (AvgIpc) is 2.69. The summed E-state index contributed by atoms with van der Waals surface area (Å²) in [7, 11) is -1.71. The smallest absolute Gasteiger partial charge is 0.251 e. The van der Waals surface area contributed by atoms with Gasteiger partial charge in [0.05, 0.1) is 12.9 Å². The Labute approximate surface area is 165 Å². The highest BCUT2D eigenvalue weighted by Crippen LogP contribution is 2.11. The second kappa shape index (κ2) is 9.89. The Bertz CT molecular complexity index is 896. The standard InChI is InChI=1S/C20H24N2O5S/c1-27-17-10-8-15(9-11-17)14-21-20(24)18(12-13-28(2,25)26)22-19(23)16-6-4-3-5-7-16/h3-11,18H,12-14H2,1-2H3,(H,21,24)(H,22,23)/t18-/m0/s1. The highest BCUT2D eigenvalue weighted by Gasteiger charge is 2.22. The normalized spacial score (nSPS) is 12.1. The van der Waals surface area contributed by atoms with Gasteiger partial charge in [0.1, 0.15) is 21.6 Å². The zero-order chi connectivity index (χ0) is 20.6. The molecule has 0 heterocycles. The molecule has 2 N–H and O–H groups in total. The molecule has 8 heteroatoms. The molecule has 7 nitrogen and oxygen atoms in total. The molecule has 2 amide bonds. The summed E-state index contributed by atoms with van der Waals surface area (Å²) in [6.45, 7) is 0.249. The molecule has 0 fully saturated rings. The highest BCUT2D eigenvalue weighted by molar-refractivity contribution is 7.90. The third kappa shape index (κ3) is 7.03. The molecule has 0 radical (unpaired) electrons. The molecule has 0 aliphatic carbocycles. The van der Waals surface area contributed by atoms with E-state index in [4.69, 9.17) is 4.74 Å². The summed E-state index contributed by atoms with van der Waals surface area (Å²) in [6.07, 6.45) is 1.09. The number of carbonyl (C=O) groups excluding carboxylic acids is 2. The maximum atomic E-state index is 12.6. The number of methoxy groups -OCH3 is 1. The van der Waals surface area contributed by atoms with Crippen molar-refractivity contribution >= 4 is 21.7 Å². The first-order valence-electron chi connectivity index (χ1n) is 8.73. The van der Waals surface area contributed by atoms with Crippen molar-refractivity contribution in [1.82, 2.24) is 10.6 Å². The Morgan fingerprint density at radius 1 is 1.04 bits per heavy atom. The molecule has 0 aliphatic heterocycles. The number of benzene rings is 2. The van der Waals surface area contributed by atoms with Crippen LogP contribution in [0.2, 0.25) is 0 Å². The van der Waals surface area contributed by atoms with Crippen LogP contribution in [0.15, 0.2) is 54.6 Å². The molecule has 2 aromatic carbocycles. The number of carbonyl (C=O) groups is 2. The first-order valence-corrected chi connectivity index (χ1v) is 10.8. The summed E-state index contributed by atoms with van der Waals surface area (Å²) in [5.41, 5.74) is 1.25. The Hall–Kier alpha value is -2.87. The van der Waals surface area contributed by atoms with E-state index in [1.807, 2.05) is 12.1 Å². The first kappa shape index (κ1) is 21.4. The minimum atomic E-state index is -3.27. The second-order valence-electron chi connectivity index (χ2n) is 6.38. The van der Waals surface area contributed by atoms with Gasteiger partial charge in [-0.05, 0) is 36.2 Å². The topological polar surface area (TPSA) is 102 Å². The Kier molecular flexibility index (Phi) is 7.57. The van der Waals surface area contributed by atoms with Crippen molar-refractivity contribution in [1.29, 1.82) is 0 Å². The lowest BCUT2D eigenvalue weighted by Gasteiger charge is -2.18. The van der Waals surface area contributed by atoms with Crippen LogP contribution in [0.4, 0.5) is 0 Å². The summed E-state index contributed by atoms with van der Waals surface area (Å²) >= 11 is 0.